The van der Waals surface area contributed by atoms with Gasteiger partial charge in [0.2, 0.25) is 5.91 Å². The van der Waals surface area contributed by atoms with Crippen LogP contribution in [0.2, 0.25) is 0 Å². The van der Waals surface area contributed by atoms with Crippen LogP contribution in [0.15, 0.2) is 35.5 Å². The lowest BCUT2D eigenvalue weighted by Crippen LogP contribution is -2.30. The van der Waals surface area contributed by atoms with Crippen LogP contribution in [0.25, 0.3) is 10.2 Å². The highest BCUT2D eigenvalue weighted by Gasteiger charge is 2.16. The standard InChI is InChI=1S/C12H13N3OS2/c1-3-5-13-10(16)8(2)18-12-9-4-6-17-11(9)14-7-15-12/h3-4,6-8H,1,5H2,2H3,(H,13,16)/t8-/m1/s1. The van der Waals surface area contributed by atoms with Gasteiger partial charge in [-0.25, -0.2) is 9.97 Å². The third kappa shape index (κ3) is 2.88. The molecule has 0 saturated heterocycles. The summed E-state index contributed by atoms with van der Waals surface area (Å²) in [5.41, 5.74) is 0. The molecule has 18 heavy (non-hydrogen) atoms. The third-order valence-corrected chi connectivity index (χ3v) is 4.24. The molecular formula is C12H13N3OS2. The van der Waals surface area contributed by atoms with E-state index in [2.05, 4.69) is 21.9 Å². The van der Waals surface area contributed by atoms with Crippen LogP contribution in [0.5, 0.6) is 0 Å². The topological polar surface area (TPSA) is 54.9 Å². The van der Waals surface area contributed by atoms with Crippen molar-refractivity contribution in [1.29, 1.82) is 0 Å². The molecule has 2 aromatic rings. The minimum atomic E-state index is -0.192. The van der Waals surface area contributed by atoms with Crippen LogP contribution >= 0.6 is 23.1 Å². The van der Waals surface area contributed by atoms with Gasteiger partial charge in [-0.1, -0.05) is 17.8 Å². The predicted octanol–water partition coefficient (Wildman–Crippen LogP) is 2.47. The maximum Gasteiger partial charge on any atom is 0.233 e. The summed E-state index contributed by atoms with van der Waals surface area (Å²) >= 11 is 3.02. The van der Waals surface area contributed by atoms with E-state index >= 15 is 0 Å². The molecule has 0 unspecified atom stereocenters. The van der Waals surface area contributed by atoms with E-state index in [1.807, 2.05) is 18.4 Å². The highest BCUT2D eigenvalue weighted by atomic mass is 32.2. The van der Waals surface area contributed by atoms with E-state index in [4.69, 9.17) is 0 Å². The molecule has 0 radical (unpaired) electrons. The van der Waals surface area contributed by atoms with E-state index in [9.17, 15) is 4.79 Å². The molecule has 0 aromatic carbocycles. The molecule has 6 heteroatoms. The van der Waals surface area contributed by atoms with Crippen molar-refractivity contribution in [1.82, 2.24) is 15.3 Å². The molecule has 2 aromatic heterocycles. The second kappa shape index (κ2) is 5.97. The normalized spacial score (nSPS) is 12.3. The first-order chi connectivity index (χ1) is 8.72. The van der Waals surface area contributed by atoms with Gasteiger partial charge in [0.1, 0.15) is 16.2 Å². The molecule has 0 bridgehead atoms. The van der Waals surface area contributed by atoms with Gasteiger partial charge in [-0.05, 0) is 18.4 Å². The zero-order valence-corrected chi connectivity index (χ0v) is 11.6. The quantitative estimate of drug-likeness (QED) is 0.519. The number of thioether (sulfide) groups is 1. The van der Waals surface area contributed by atoms with Crippen molar-refractivity contribution < 1.29 is 4.79 Å². The Kier molecular flexibility index (Phi) is 4.33. The van der Waals surface area contributed by atoms with Gasteiger partial charge in [0, 0.05) is 11.9 Å². The van der Waals surface area contributed by atoms with Crippen LogP contribution in [-0.2, 0) is 4.79 Å². The van der Waals surface area contributed by atoms with Gasteiger partial charge < -0.3 is 5.32 Å². The molecule has 0 spiro atoms. The number of fused-ring (bicyclic) bond motifs is 1. The van der Waals surface area contributed by atoms with E-state index in [0.29, 0.717) is 6.54 Å². The Morgan fingerprint density at radius 2 is 2.50 bits per heavy atom. The largest absolute Gasteiger partial charge is 0.352 e. The third-order valence-electron chi connectivity index (χ3n) is 2.30. The molecule has 1 amide bonds. The number of carbonyl (C=O) groups excluding carboxylic acids is 1. The smallest absolute Gasteiger partial charge is 0.233 e. The number of rotatable bonds is 5. The summed E-state index contributed by atoms with van der Waals surface area (Å²) in [7, 11) is 0. The summed E-state index contributed by atoms with van der Waals surface area (Å²) in [5, 5.41) is 6.42. The van der Waals surface area contributed by atoms with Gasteiger partial charge in [0.25, 0.3) is 0 Å². The van der Waals surface area contributed by atoms with Crippen molar-refractivity contribution in [3.05, 3.63) is 30.4 Å². The van der Waals surface area contributed by atoms with E-state index in [1.54, 1.807) is 17.4 Å². The Labute approximate surface area is 114 Å². The van der Waals surface area contributed by atoms with Crippen LogP contribution in [-0.4, -0.2) is 27.7 Å². The summed E-state index contributed by atoms with van der Waals surface area (Å²) in [6.07, 6.45) is 3.20. The number of carbonyl (C=O) groups is 1. The zero-order valence-electron chi connectivity index (χ0n) is 9.92. The van der Waals surface area contributed by atoms with Crippen LogP contribution in [0.1, 0.15) is 6.92 Å². The molecule has 0 aliphatic carbocycles. The average Bonchev–Trinajstić information content (AvgIpc) is 2.85. The number of hydrogen-bond donors (Lipinski definition) is 1. The van der Waals surface area contributed by atoms with Gasteiger partial charge >= 0.3 is 0 Å². The van der Waals surface area contributed by atoms with Gasteiger partial charge in [-0.2, -0.15) is 0 Å². The Bertz CT molecular complexity index is 567. The molecule has 2 heterocycles. The molecule has 0 saturated carbocycles. The fourth-order valence-corrected chi connectivity index (χ4v) is 3.12. The minimum Gasteiger partial charge on any atom is -0.352 e. The predicted molar refractivity (Wildman–Crippen MR) is 75.9 cm³/mol. The Morgan fingerprint density at radius 1 is 1.67 bits per heavy atom. The lowest BCUT2D eigenvalue weighted by molar-refractivity contribution is -0.120. The fraction of sp³-hybridized carbons (Fsp3) is 0.250. The molecule has 0 aliphatic rings. The summed E-state index contributed by atoms with van der Waals surface area (Å²) < 4.78 is 0. The summed E-state index contributed by atoms with van der Waals surface area (Å²) in [5.74, 6) is -0.0121. The first kappa shape index (κ1) is 13.0. The van der Waals surface area contributed by atoms with Gasteiger partial charge in [0.05, 0.1) is 5.25 Å². The zero-order chi connectivity index (χ0) is 13.0. The second-order valence-corrected chi connectivity index (χ2v) is 5.84. The van der Waals surface area contributed by atoms with E-state index < -0.39 is 0 Å². The highest BCUT2D eigenvalue weighted by Crippen LogP contribution is 2.30. The lowest BCUT2D eigenvalue weighted by Gasteiger charge is -2.10. The van der Waals surface area contributed by atoms with Crippen LogP contribution in [0.4, 0.5) is 0 Å². The number of hydrogen-bond acceptors (Lipinski definition) is 5. The maximum atomic E-state index is 11.8. The van der Waals surface area contributed by atoms with Crippen LogP contribution in [0.3, 0.4) is 0 Å². The van der Waals surface area contributed by atoms with Crippen molar-refractivity contribution in [2.75, 3.05) is 6.54 Å². The van der Waals surface area contributed by atoms with E-state index in [0.717, 1.165) is 15.2 Å². The molecule has 0 aliphatic heterocycles. The molecule has 0 fully saturated rings. The van der Waals surface area contributed by atoms with Gasteiger partial charge in [-0.3, -0.25) is 4.79 Å². The van der Waals surface area contributed by atoms with E-state index in [-0.39, 0.29) is 11.2 Å². The monoisotopic (exact) mass is 279 g/mol. The summed E-state index contributed by atoms with van der Waals surface area (Å²) in [4.78, 5) is 21.1. The maximum absolute atomic E-state index is 11.8. The van der Waals surface area contributed by atoms with Crippen molar-refractivity contribution in [2.24, 2.45) is 0 Å². The number of aromatic nitrogens is 2. The number of nitrogens with zero attached hydrogens (tertiary/aromatic N) is 2. The molecule has 94 valence electrons. The molecule has 4 nitrogen and oxygen atoms in total. The van der Waals surface area contributed by atoms with Crippen molar-refractivity contribution >= 4 is 39.2 Å². The van der Waals surface area contributed by atoms with Gasteiger partial charge in [-0.15, -0.1) is 17.9 Å². The van der Waals surface area contributed by atoms with Gasteiger partial charge in [0.15, 0.2) is 0 Å². The second-order valence-electron chi connectivity index (χ2n) is 3.61. The fourth-order valence-electron chi connectivity index (χ4n) is 1.40. The number of amides is 1. The average molecular weight is 279 g/mol. The molecule has 2 rings (SSSR count). The minimum absolute atomic E-state index is 0.0121. The first-order valence-electron chi connectivity index (χ1n) is 5.46. The Morgan fingerprint density at radius 3 is 3.28 bits per heavy atom. The summed E-state index contributed by atoms with van der Waals surface area (Å²) in [6, 6.07) is 1.98. The first-order valence-corrected chi connectivity index (χ1v) is 7.21. The van der Waals surface area contributed by atoms with Crippen molar-refractivity contribution in [3.8, 4) is 0 Å². The number of nitrogens with one attached hydrogen (secondary N) is 1. The summed E-state index contributed by atoms with van der Waals surface area (Å²) in [6.45, 7) is 5.92. The SMILES string of the molecule is C=CCNC(=O)[C@@H](C)Sc1ncnc2sccc12. The van der Waals surface area contributed by atoms with E-state index in [1.165, 1.54) is 18.1 Å². The van der Waals surface area contributed by atoms with Crippen molar-refractivity contribution in [2.45, 2.75) is 17.2 Å². The lowest BCUT2D eigenvalue weighted by atomic mass is 10.4. The Hall–Kier alpha value is -1.40. The molecular weight excluding hydrogens is 266 g/mol. The van der Waals surface area contributed by atoms with Crippen LogP contribution in [0, 0.1) is 0 Å². The number of thiophene rings is 1. The Balaban J connectivity index is 2.11. The highest BCUT2D eigenvalue weighted by molar-refractivity contribution is 8.00. The van der Waals surface area contributed by atoms with Crippen LogP contribution < -0.4 is 5.32 Å². The van der Waals surface area contributed by atoms with Crippen molar-refractivity contribution in [3.63, 3.8) is 0 Å². The molecule has 1 atom stereocenters. The molecule has 1 N–H and O–H groups in total.